The maximum atomic E-state index is 12.2. The molecule has 6 nitrogen and oxygen atoms in total. The molecule has 126 valence electrons. The van der Waals surface area contributed by atoms with Gasteiger partial charge >= 0.3 is 12.6 Å². The predicted molar refractivity (Wildman–Crippen MR) is 78.5 cm³/mol. The second kappa shape index (κ2) is 9.39. The van der Waals surface area contributed by atoms with E-state index in [1.165, 1.54) is 37.5 Å². The Labute approximate surface area is 131 Å². The van der Waals surface area contributed by atoms with Crippen molar-refractivity contribution in [3.63, 3.8) is 0 Å². The number of ether oxygens (including phenoxy) is 2. The number of hydrogen-bond donors (Lipinski definition) is 2. The van der Waals surface area contributed by atoms with E-state index in [9.17, 15) is 18.4 Å². The van der Waals surface area contributed by atoms with Crippen LogP contribution in [0.2, 0.25) is 0 Å². The molecule has 0 spiro atoms. The van der Waals surface area contributed by atoms with Crippen molar-refractivity contribution in [2.45, 2.75) is 19.5 Å². The van der Waals surface area contributed by atoms with Gasteiger partial charge in [-0.1, -0.05) is 6.07 Å². The molecule has 0 aliphatic heterocycles. The monoisotopic (exact) mass is 329 g/mol. The standard InChI is InChI=1S/C15H17F2NO5/c1-22-12-9-10(4-6-11(12)23-15(16)17)5-7-13(19)18-8-2-3-14(20)21/h4-7,9,15H,2-3,8H2,1H3,(H,18,19)(H,20,21)/b7-5+. The van der Waals surface area contributed by atoms with Gasteiger partial charge in [0, 0.05) is 19.0 Å². The average Bonchev–Trinajstić information content (AvgIpc) is 2.49. The largest absolute Gasteiger partial charge is 0.493 e. The number of nitrogens with one attached hydrogen (secondary N) is 1. The number of carbonyl (C=O) groups excluding carboxylic acids is 1. The van der Waals surface area contributed by atoms with Crippen molar-refractivity contribution >= 4 is 18.0 Å². The summed E-state index contributed by atoms with van der Waals surface area (Å²) in [5.41, 5.74) is 0.559. The van der Waals surface area contributed by atoms with Crippen LogP contribution < -0.4 is 14.8 Å². The van der Waals surface area contributed by atoms with Gasteiger partial charge in [-0.3, -0.25) is 9.59 Å². The van der Waals surface area contributed by atoms with Gasteiger partial charge in [-0.25, -0.2) is 0 Å². The molecule has 0 saturated heterocycles. The molecule has 8 heteroatoms. The number of rotatable bonds is 9. The quantitative estimate of drug-likeness (QED) is 0.536. The minimum absolute atomic E-state index is 0.0210. The summed E-state index contributed by atoms with van der Waals surface area (Å²) in [5.74, 6) is -1.29. The molecule has 23 heavy (non-hydrogen) atoms. The van der Waals surface area contributed by atoms with Gasteiger partial charge in [0.25, 0.3) is 0 Å². The van der Waals surface area contributed by atoms with E-state index in [0.29, 0.717) is 12.0 Å². The summed E-state index contributed by atoms with van der Waals surface area (Å²) in [5, 5.41) is 11.0. The fourth-order valence-corrected chi connectivity index (χ4v) is 1.66. The van der Waals surface area contributed by atoms with Gasteiger partial charge in [-0.15, -0.1) is 0 Å². The highest BCUT2D eigenvalue weighted by atomic mass is 19.3. The minimum Gasteiger partial charge on any atom is -0.493 e. The summed E-state index contributed by atoms with van der Waals surface area (Å²) >= 11 is 0. The van der Waals surface area contributed by atoms with Crippen molar-refractivity contribution in [2.75, 3.05) is 13.7 Å². The molecule has 0 unspecified atom stereocenters. The Kier molecular flexibility index (Phi) is 7.52. The van der Waals surface area contributed by atoms with E-state index >= 15 is 0 Å². The van der Waals surface area contributed by atoms with Gasteiger partial charge in [0.05, 0.1) is 7.11 Å². The number of methoxy groups -OCH3 is 1. The normalized spacial score (nSPS) is 10.8. The first-order valence-electron chi connectivity index (χ1n) is 6.73. The third kappa shape index (κ3) is 7.25. The Morgan fingerprint density at radius 1 is 1.35 bits per heavy atom. The lowest BCUT2D eigenvalue weighted by atomic mass is 10.2. The molecular weight excluding hydrogens is 312 g/mol. The van der Waals surface area contributed by atoms with Crippen LogP contribution in [0, 0.1) is 0 Å². The minimum atomic E-state index is -2.96. The van der Waals surface area contributed by atoms with Crippen LogP contribution in [0.3, 0.4) is 0 Å². The van der Waals surface area contributed by atoms with Gasteiger partial charge in [-0.2, -0.15) is 8.78 Å². The van der Waals surface area contributed by atoms with Crippen molar-refractivity contribution in [3.8, 4) is 11.5 Å². The zero-order valence-corrected chi connectivity index (χ0v) is 12.4. The first-order valence-corrected chi connectivity index (χ1v) is 6.73. The molecule has 0 heterocycles. The van der Waals surface area contributed by atoms with E-state index in [1.807, 2.05) is 0 Å². The van der Waals surface area contributed by atoms with Crippen LogP contribution in [-0.2, 0) is 9.59 Å². The summed E-state index contributed by atoms with van der Waals surface area (Å²) in [6, 6.07) is 4.26. The smallest absolute Gasteiger partial charge is 0.387 e. The molecule has 1 aromatic rings. The molecule has 1 rings (SSSR count). The second-order valence-electron chi connectivity index (χ2n) is 4.41. The number of carboxylic acid groups (broad SMARTS) is 1. The number of aliphatic carboxylic acids is 1. The van der Waals surface area contributed by atoms with Crippen LogP contribution in [0.25, 0.3) is 6.08 Å². The van der Waals surface area contributed by atoms with Gasteiger partial charge in [-0.05, 0) is 30.2 Å². The van der Waals surface area contributed by atoms with Crippen molar-refractivity contribution in [1.29, 1.82) is 0 Å². The maximum Gasteiger partial charge on any atom is 0.387 e. The summed E-state index contributed by atoms with van der Waals surface area (Å²) in [6.07, 6.45) is 3.04. The van der Waals surface area contributed by atoms with Crippen molar-refractivity contribution < 1.29 is 33.0 Å². The van der Waals surface area contributed by atoms with E-state index in [0.717, 1.165) is 0 Å². The lowest BCUT2D eigenvalue weighted by Gasteiger charge is -2.10. The number of carbonyl (C=O) groups is 2. The Balaban J connectivity index is 2.58. The molecule has 0 aromatic heterocycles. The zero-order chi connectivity index (χ0) is 17.2. The molecule has 1 aromatic carbocycles. The molecule has 1 amide bonds. The van der Waals surface area contributed by atoms with E-state index < -0.39 is 12.6 Å². The van der Waals surface area contributed by atoms with Crippen LogP contribution in [0.1, 0.15) is 18.4 Å². The number of carboxylic acids is 1. The molecule has 0 atom stereocenters. The summed E-state index contributed by atoms with van der Waals surface area (Å²) in [6.45, 7) is -2.71. The number of hydrogen-bond acceptors (Lipinski definition) is 4. The van der Waals surface area contributed by atoms with Crippen LogP contribution in [-0.4, -0.2) is 37.2 Å². The molecular formula is C15H17F2NO5. The van der Waals surface area contributed by atoms with Crippen LogP contribution in [0.15, 0.2) is 24.3 Å². The Morgan fingerprint density at radius 2 is 2.09 bits per heavy atom. The Morgan fingerprint density at radius 3 is 2.70 bits per heavy atom. The maximum absolute atomic E-state index is 12.2. The highest BCUT2D eigenvalue weighted by molar-refractivity contribution is 5.91. The van der Waals surface area contributed by atoms with Gasteiger partial charge < -0.3 is 19.9 Å². The fraction of sp³-hybridized carbons (Fsp3) is 0.333. The topological polar surface area (TPSA) is 84.9 Å². The van der Waals surface area contributed by atoms with Crippen molar-refractivity contribution in [2.24, 2.45) is 0 Å². The van der Waals surface area contributed by atoms with E-state index in [-0.39, 0.29) is 30.4 Å². The SMILES string of the molecule is COc1cc(/C=C/C(=O)NCCCC(=O)O)ccc1OC(F)F. The number of amides is 1. The Bertz CT molecular complexity index is 575. The number of alkyl halides is 2. The second-order valence-corrected chi connectivity index (χ2v) is 4.41. The van der Waals surface area contributed by atoms with Crippen molar-refractivity contribution in [3.05, 3.63) is 29.8 Å². The molecule has 0 saturated carbocycles. The van der Waals surface area contributed by atoms with Crippen LogP contribution >= 0.6 is 0 Å². The fourth-order valence-electron chi connectivity index (χ4n) is 1.66. The molecule has 0 aliphatic rings. The van der Waals surface area contributed by atoms with Crippen molar-refractivity contribution in [1.82, 2.24) is 5.32 Å². The van der Waals surface area contributed by atoms with Crippen LogP contribution in [0.5, 0.6) is 11.5 Å². The lowest BCUT2D eigenvalue weighted by molar-refractivity contribution is -0.137. The summed E-state index contributed by atoms with van der Waals surface area (Å²) in [4.78, 5) is 21.8. The Hall–Kier alpha value is -2.64. The van der Waals surface area contributed by atoms with E-state index in [1.54, 1.807) is 0 Å². The van der Waals surface area contributed by atoms with E-state index in [4.69, 9.17) is 9.84 Å². The average molecular weight is 329 g/mol. The number of benzene rings is 1. The first-order chi connectivity index (χ1) is 10.9. The van der Waals surface area contributed by atoms with Gasteiger partial charge in [0.1, 0.15) is 0 Å². The zero-order valence-electron chi connectivity index (χ0n) is 12.4. The van der Waals surface area contributed by atoms with Gasteiger partial charge in [0.15, 0.2) is 11.5 Å². The van der Waals surface area contributed by atoms with E-state index in [2.05, 4.69) is 10.1 Å². The number of halogens is 2. The highest BCUT2D eigenvalue weighted by Crippen LogP contribution is 2.29. The molecule has 0 bridgehead atoms. The van der Waals surface area contributed by atoms with Crippen LogP contribution in [0.4, 0.5) is 8.78 Å². The summed E-state index contributed by atoms with van der Waals surface area (Å²) in [7, 11) is 1.32. The predicted octanol–water partition coefficient (Wildman–Crippen LogP) is 2.29. The van der Waals surface area contributed by atoms with Gasteiger partial charge in [0.2, 0.25) is 5.91 Å². The molecule has 2 N–H and O–H groups in total. The molecule has 0 fully saturated rings. The third-order valence-corrected chi connectivity index (χ3v) is 2.70. The molecule has 0 aliphatic carbocycles. The first kappa shape index (κ1) is 18.4. The lowest BCUT2D eigenvalue weighted by Crippen LogP contribution is -2.22. The molecule has 0 radical (unpaired) electrons. The summed E-state index contributed by atoms with van der Waals surface area (Å²) < 4.78 is 33.7. The highest BCUT2D eigenvalue weighted by Gasteiger charge is 2.10. The third-order valence-electron chi connectivity index (χ3n) is 2.70.